The van der Waals surface area contributed by atoms with Crippen molar-refractivity contribution in [2.24, 2.45) is 0 Å². The first-order chi connectivity index (χ1) is 10.3. The Hall–Kier alpha value is -1.84. The monoisotopic (exact) mass is 286 g/mol. The number of methoxy groups -OCH3 is 2. The van der Waals surface area contributed by atoms with E-state index in [1.54, 1.807) is 14.2 Å². The van der Waals surface area contributed by atoms with E-state index in [1.165, 1.54) is 0 Å². The molecule has 112 valence electrons. The quantitative estimate of drug-likeness (QED) is 0.720. The summed E-state index contributed by atoms with van der Waals surface area (Å²) in [5.74, 6) is 0.794. The van der Waals surface area contributed by atoms with Crippen LogP contribution in [-0.4, -0.2) is 20.5 Å². The second kappa shape index (κ2) is 7.25. The second-order valence-corrected chi connectivity index (χ2v) is 4.83. The first-order valence-corrected chi connectivity index (χ1v) is 7.12. The van der Waals surface area contributed by atoms with E-state index in [4.69, 9.17) is 14.2 Å². The van der Waals surface area contributed by atoms with E-state index in [2.05, 4.69) is 6.92 Å². The van der Waals surface area contributed by atoms with Crippen LogP contribution >= 0.6 is 0 Å². The van der Waals surface area contributed by atoms with Crippen molar-refractivity contribution >= 4 is 0 Å². The molecular formula is C18H22O3. The van der Waals surface area contributed by atoms with E-state index in [0.29, 0.717) is 0 Å². The van der Waals surface area contributed by atoms with E-state index in [9.17, 15) is 0 Å². The summed E-state index contributed by atoms with van der Waals surface area (Å²) in [6.45, 7) is 2.07. The van der Waals surface area contributed by atoms with Crippen LogP contribution < -0.4 is 4.74 Å². The predicted octanol–water partition coefficient (Wildman–Crippen LogP) is 3.99. The first kappa shape index (κ1) is 15.5. The van der Waals surface area contributed by atoms with Crippen LogP contribution in [-0.2, 0) is 15.1 Å². The summed E-state index contributed by atoms with van der Waals surface area (Å²) in [4.78, 5) is 0. The number of hydrogen-bond acceptors (Lipinski definition) is 3. The van der Waals surface area contributed by atoms with Gasteiger partial charge in [0.1, 0.15) is 5.75 Å². The Kier molecular flexibility index (Phi) is 5.37. The number of hydrogen-bond donors (Lipinski definition) is 0. The molecule has 0 fully saturated rings. The van der Waals surface area contributed by atoms with Gasteiger partial charge in [0, 0.05) is 19.8 Å². The van der Waals surface area contributed by atoms with Gasteiger partial charge in [-0.15, -0.1) is 0 Å². The van der Waals surface area contributed by atoms with Gasteiger partial charge < -0.3 is 14.2 Å². The molecule has 2 aromatic carbocycles. The molecule has 0 saturated carbocycles. The third-order valence-corrected chi connectivity index (χ3v) is 3.64. The SMILES string of the molecule is CCC(Oc1ccccc1)(c1ccccc1)C(OC)OC. The fourth-order valence-corrected chi connectivity index (χ4v) is 2.58. The molecule has 0 spiro atoms. The zero-order chi connectivity index (χ0) is 15.1. The molecule has 2 rings (SSSR count). The Labute approximate surface area is 126 Å². The normalized spacial score (nSPS) is 13.9. The first-order valence-electron chi connectivity index (χ1n) is 7.12. The zero-order valence-electron chi connectivity index (χ0n) is 12.8. The van der Waals surface area contributed by atoms with E-state index >= 15 is 0 Å². The average Bonchev–Trinajstić information content (AvgIpc) is 2.56. The third kappa shape index (κ3) is 3.26. The molecule has 0 heterocycles. The molecule has 3 heteroatoms. The van der Waals surface area contributed by atoms with Gasteiger partial charge in [0.05, 0.1) is 0 Å². The van der Waals surface area contributed by atoms with E-state index in [1.807, 2.05) is 60.7 Å². The minimum atomic E-state index is -0.688. The molecule has 21 heavy (non-hydrogen) atoms. The Morgan fingerprint density at radius 1 is 0.857 bits per heavy atom. The van der Waals surface area contributed by atoms with Gasteiger partial charge in [-0.3, -0.25) is 0 Å². The van der Waals surface area contributed by atoms with Crippen LogP contribution in [0.4, 0.5) is 0 Å². The maximum absolute atomic E-state index is 6.33. The van der Waals surface area contributed by atoms with Gasteiger partial charge in [-0.2, -0.15) is 0 Å². The lowest BCUT2D eigenvalue weighted by Crippen LogP contribution is -2.46. The van der Waals surface area contributed by atoms with Crippen molar-refractivity contribution in [3.05, 3.63) is 66.2 Å². The molecule has 2 aromatic rings. The van der Waals surface area contributed by atoms with Gasteiger partial charge in [-0.05, 0) is 18.6 Å². The lowest BCUT2D eigenvalue weighted by atomic mass is 9.89. The van der Waals surface area contributed by atoms with Gasteiger partial charge in [0.15, 0.2) is 5.60 Å². The lowest BCUT2D eigenvalue weighted by molar-refractivity contribution is -0.210. The average molecular weight is 286 g/mol. The van der Waals surface area contributed by atoms with Crippen LogP contribution in [0.2, 0.25) is 0 Å². The standard InChI is InChI=1S/C18H22O3/c1-4-18(17(19-2)20-3,15-11-7-5-8-12-15)21-16-13-9-6-10-14-16/h5-14,17H,4H2,1-3H3. The van der Waals surface area contributed by atoms with Crippen LogP contribution in [0, 0.1) is 0 Å². The number of benzene rings is 2. The minimum Gasteiger partial charge on any atom is -0.477 e. The topological polar surface area (TPSA) is 27.7 Å². The molecule has 0 amide bonds. The maximum Gasteiger partial charge on any atom is 0.201 e. The van der Waals surface area contributed by atoms with E-state index < -0.39 is 11.9 Å². The van der Waals surface area contributed by atoms with Crippen molar-refractivity contribution in [3.63, 3.8) is 0 Å². The fourth-order valence-electron chi connectivity index (χ4n) is 2.58. The molecule has 0 bridgehead atoms. The van der Waals surface area contributed by atoms with Crippen molar-refractivity contribution in [3.8, 4) is 5.75 Å². The Morgan fingerprint density at radius 2 is 1.38 bits per heavy atom. The molecule has 1 atom stereocenters. The Morgan fingerprint density at radius 3 is 1.86 bits per heavy atom. The van der Waals surface area contributed by atoms with Crippen molar-refractivity contribution in [1.29, 1.82) is 0 Å². The van der Waals surface area contributed by atoms with Crippen LogP contribution in [0.1, 0.15) is 18.9 Å². The molecular weight excluding hydrogens is 264 g/mol. The van der Waals surface area contributed by atoms with Crippen LogP contribution in [0.3, 0.4) is 0 Å². The number of rotatable bonds is 7. The molecule has 0 aliphatic rings. The summed E-state index contributed by atoms with van der Waals surface area (Å²) < 4.78 is 17.4. The highest BCUT2D eigenvalue weighted by molar-refractivity contribution is 5.28. The van der Waals surface area contributed by atoms with E-state index in [-0.39, 0.29) is 0 Å². The van der Waals surface area contributed by atoms with Gasteiger partial charge in [0.25, 0.3) is 0 Å². The molecule has 0 radical (unpaired) electrons. The maximum atomic E-state index is 6.33. The van der Waals surface area contributed by atoms with Gasteiger partial charge in [0.2, 0.25) is 6.29 Å². The molecule has 0 aliphatic carbocycles. The highest BCUT2D eigenvalue weighted by Gasteiger charge is 2.42. The summed E-state index contributed by atoms with van der Waals surface area (Å²) in [5, 5.41) is 0. The summed E-state index contributed by atoms with van der Waals surface area (Å²) in [7, 11) is 3.27. The van der Waals surface area contributed by atoms with Gasteiger partial charge in [-0.1, -0.05) is 55.5 Å². The molecule has 0 aliphatic heterocycles. The van der Waals surface area contributed by atoms with Gasteiger partial charge in [-0.25, -0.2) is 0 Å². The minimum absolute atomic E-state index is 0.495. The molecule has 0 saturated heterocycles. The molecule has 1 unspecified atom stereocenters. The molecule has 0 N–H and O–H groups in total. The Balaban J connectivity index is 2.46. The summed E-state index contributed by atoms with van der Waals surface area (Å²) >= 11 is 0. The smallest absolute Gasteiger partial charge is 0.201 e. The number of para-hydroxylation sites is 1. The second-order valence-electron chi connectivity index (χ2n) is 4.83. The van der Waals surface area contributed by atoms with Crippen molar-refractivity contribution in [2.45, 2.75) is 25.2 Å². The van der Waals surface area contributed by atoms with Gasteiger partial charge >= 0.3 is 0 Å². The third-order valence-electron chi connectivity index (χ3n) is 3.64. The van der Waals surface area contributed by atoms with Crippen LogP contribution in [0.15, 0.2) is 60.7 Å². The van der Waals surface area contributed by atoms with Crippen molar-refractivity contribution in [1.82, 2.24) is 0 Å². The molecule has 0 aromatic heterocycles. The summed E-state index contributed by atoms with van der Waals surface area (Å²) in [6.07, 6.45) is 0.225. The highest BCUT2D eigenvalue weighted by Crippen LogP contribution is 2.36. The predicted molar refractivity (Wildman–Crippen MR) is 83.3 cm³/mol. The zero-order valence-corrected chi connectivity index (χ0v) is 12.8. The summed E-state index contributed by atoms with van der Waals surface area (Å²) in [5.41, 5.74) is 0.344. The summed E-state index contributed by atoms with van der Waals surface area (Å²) in [6, 6.07) is 19.8. The molecule has 3 nitrogen and oxygen atoms in total. The highest BCUT2D eigenvalue weighted by atomic mass is 16.7. The van der Waals surface area contributed by atoms with Crippen LogP contribution in [0.25, 0.3) is 0 Å². The number of ether oxygens (including phenoxy) is 3. The Bertz CT molecular complexity index is 523. The van der Waals surface area contributed by atoms with Crippen molar-refractivity contribution < 1.29 is 14.2 Å². The largest absolute Gasteiger partial charge is 0.477 e. The van der Waals surface area contributed by atoms with E-state index in [0.717, 1.165) is 17.7 Å². The van der Waals surface area contributed by atoms with Crippen molar-refractivity contribution in [2.75, 3.05) is 14.2 Å². The van der Waals surface area contributed by atoms with Crippen LogP contribution in [0.5, 0.6) is 5.75 Å². The lowest BCUT2D eigenvalue weighted by Gasteiger charge is -2.39. The fraction of sp³-hybridized carbons (Fsp3) is 0.333.